The molecule has 0 amide bonds. The minimum absolute atomic E-state index is 0.147. The molecule has 0 spiro atoms. The molecule has 0 bridgehead atoms. The highest BCUT2D eigenvalue weighted by Crippen LogP contribution is 2.28. The van der Waals surface area contributed by atoms with Gasteiger partial charge in [0.05, 0.1) is 5.69 Å². The van der Waals surface area contributed by atoms with Gasteiger partial charge in [0.25, 0.3) is 0 Å². The van der Waals surface area contributed by atoms with E-state index in [2.05, 4.69) is 20.8 Å². The van der Waals surface area contributed by atoms with Crippen LogP contribution in [0.2, 0.25) is 0 Å². The molecule has 0 atom stereocenters. The summed E-state index contributed by atoms with van der Waals surface area (Å²) < 4.78 is 0. The van der Waals surface area contributed by atoms with Crippen LogP contribution < -0.4 is 5.73 Å². The Labute approximate surface area is 103 Å². The van der Waals surface area contributed by atoms with Crippen LogP contribution in [0.25, 0.3) is 10.8 Å². The summed E-state index contributed by atoms with van der Waals surface area (Å²) in [6.45, 7) is 6.64. The zero-order chi connectivity index (χ0) is 12.8. The Bertz CT molecular complexity index is 477. The van der Waals surface area contributed by atoms with Crippen LogP contribution in [0, 0.1) is 5.92 Å². The lowest BCUT2D eigenvalue weighted by molar-refractivity contribution is 0.478. The molecule has 92 valence electrons. The average Bonchev–Trinajstić information content (AvgIpc) is 2.35. The van der Waals surface area contributed by atoms with Crippen molar-refractivity contribution in [2.75, 3.05) is 5.73 Å². The van der Waals surface area contributed by atoms with Gasteiger partial charge in [-0.25, -0.2) is 0 Å². The summed E-state index contributed by atoms with van der Waals surface area (Å²) in [6.07, 6.45) is 1.31. The third-order valence-corrected chi connectivity index (χ3v) is 2.76. The number of aromatic hydroxyl groups is 1. The van der Waals surface area contributed by atoms with Crippen LogP contribution in [0.4, 0.5) is 5.69 Å². The molecule has 0 aliphatic heterocycles. The predicted molar refractivity (Wildman–Crippen MR) is 75.2 cm³/mol. The summed E-state index contributed by atoms with van der Waals surface area (Å²) >= 11 is 0. The maximum absolute atomic E-state index is 9.29. The summed E-state index contributed by atoms with van der Waals surface area (Å²) in [5.41, 5.74) is 6.12. The zero-order valence-corrected chi connectivity index (χ0v) is 10.8. The van der Waals surface area contributed by atoms with Gasteiger partial charge >= 0.3 is 0 Å². The van der Waals surface area contributed by atoms with Gasteiger partial charge in [-0.3, -0.25) is 0 Å². The van der Waals surface area contributed by atoms with Crippen molar-refractivity contribution in [2.45, 2.75) is 27.2 Å². The zero-order valence-electron chi connectivity index (χ0n) is 10.8. The molecule has 0 aromatic heterocycles. The van der Waals surface area contributed by atoms with Crippen LogP contribution in [0.5, 0.6) is 5.75 Å². The number of phenols is 1. The van der Waals surface area contributed by atoms with E-state index in [9.17, 15) is 5.11 Å². The SMILES string of the molecule is CCC(C)C.Nc1c(O)ccc2ccccc12. The van der Waals surface area contributed by atoms with Crippen molar-refractivity contribution in [1.29, 1.82) is 0 Å². The number of rotatable bonds is 1. The third-order valence-electron chi connectivity index (χ3n) is 2.76. The first-order valence-corrected chi connectivity index (χ1v) is 6.02. The number of benzene rings is 2. The van der Waals surface area contributed by atoms with Crippen LogP contribution >= 0.6 is 0 Å². The fraction of sp³-hybridized carbons (Fsp3) is 0.333. The Kier molecular flexibility index (Phi) is 4.83. The van der Waals surface area contributed by atoms with Crippen molar-refractivity contribution in [2.24, 2.45) is 5.92 Å². The lowest BCUT2D eigenvalue weighted by Crippen LogP contribution is -1.86. The molecule has 2 heteroatoms. The van der Waals surface area contributed by atoms with Crippen molar-refractivity contribution in [3.05, 3.63) is 36.4 Å². The van der Waals surface area contributed by atoms with Crippen molar-refractivity contribution in [3.63, 3.8) is 0 Å². The second kappa shape index (κ2) is 6.14. The lowest BCUT2D eigenvalue weighted by atomic mass is 10.1. The van der Waals surface area contributed by atoms with E-state index in [4.69, 9.17) is 5.73 Å². The maximum atomic E-state index is 9.29. The van der Waals surface area contributed by atoms with Crippen LogP contribution in [0.3, 0.4) is 0 Å². The molecule has 2 aromatic carbocycles. The van der Waals surface area contributed by atoms with E-state index >= 15 is 0 Å². The maximum Gasteiger partial charge on any atom is 0.139 e. The van der Waals surface area contributed by atoms with Crippen molar-refractivity contribution in [1.82, 2.24) is 0 Å². The Morgan fingerprint density at radius 3 is 2.29 bits per heavy atom. The topological polar surface area (TPSA) is 46.2 Å². The van der Waals surface area contributed by atoms with Gasteiger partial charge in [0, 0.05) is 5.39 Å². The van der Waals surface area contributed by atoms with Crippen LogP contribution in [0.15, 0.2) is 36.4 Å². The molecule has 17 heavy (non-hydrogen) atoms. The van der Waals surface area contributed by atoms with Crippen molar-refractivity contribution in [3.8, 4) is 5.75 Å². The van der Waals surface area contributed by atoms with Gasteiger partial charge in [0.1, 0.15) is 5.75 Å². The number of hydrogen-bond acceptors (Lipinski definition) is 2. The first kappa shape index (κ1) is 13.4. The molecule has 2 rings (SSSR count). The highest BCUT2D eigenvalue weighted by atomic mass is 16.3. The first-order chi connectivity index (χ1) is 8.06. The molecular weight excluding hydrogens is 210 g/mol. The number of nitrogens with two attached hydrogens (primary N) is 1. The molecule has 0 saturated carbocycles. The molecule has 0 fully saturated rings. The standard InChI is InChI=1S/C10H9NO.C5H12/c11-10-8-4-2-1-3-7(8)5-6-9(10)12;1-4-5(2)3/h1-6,12H,11H2;5H,4H2,1-3H3. The normalized spacial score (nSPS) is 10.1. The molecule has 3 N–H and O–H groups in total. The molecule has 2 nitrogen and oxygen atoms in total. The largest absolute Gasteiger partial charge is 0.506 e. The molecule has 0 unspecified atom stereocenters. The smallest absolute Gasteiger partial charge is 0.139 e. The predicted octanol–water partition coefficient (Wildman–Crippen LogP) is 4.18. The van der Waals surface area contributed by atoms with E-state index in [0.29, 0.717) is 5.69 Å². The highest BCUT2D eigenvalue weighted by Gasteiger charge is 2.00. The van der Waals surface area contributed by atoms with Crippen molar-refractivity contribution >= 4 is 16.5 Å². The number of nitrogen functional groups attached to an aromatic ring is 1. The minimum Gasteiger partial charge on any atom is -0.506 e. The fourth-order valence-corrected chi connectivity index (χ4v) is 1.28. The summed E-state index contributed by atoms with van der Waals surface area (Å²) in [7, 11) is 0. The monoisotopic (exact) mass is 231 g/mol. The summed E-state index contributed by atoms with van der Waals surface area (Å²) in [6, 6.07) is 11.2. The third kappa shape index (κ3) is 3.66. The lowest BCUT2D eigenvalue weighted by Gasteiger charge is -2.02. The van der Waals surface area contributed by atoms with Gasteiger partial charge in [-0.15, -0.1) is 0 Å². The van der Waals surface area contributed by atoms with E-state index < -0.39 is 0 Å². The van der Waals surface area contributed by atoms with E-state index in [1.54, 1.807) is 6.07 Å². The number of anilines is 1. The van der Waals surface area contributed by atoms with E-state index in [1.807, 2.05) is 30.3 Å². The molecule has 2 aromatic rings. The van der Waals surface area contributed by atoms with Gasteiger partial charge in [0.15, 0.2) is 0 Å². The van der Waals surface area contributed by atoms with Gasteiger partial charge in [-0.1, -0.05) is 57.5 Å². The average molecular weight is 231 g/mol. The van der Waals surface area contributed by atoms with Crippen LogP contribution in [-0.2, 0) is 0 Å². The highest BCUT2D eigenvalue weighted by molar-refractivity contribution is 5.95. The van der Waals surface area contributed by atoms with E-state index in [0.717, 1.165) is 16.7 Å². The van der Waals surface area contributed by atoms with Gasteiger partial charge < -0.3 is 10.8 Å². The molecule has 0 aliphatic rings. The Morgan fingerprint density at radius 1 is 1.12 bits per heavy atom. The Balaban J connectivity index is 0.000000249. The quantitative estimate of drug-likeness (QED) is 0.571. The minimum atomic E-state index is 0.147. The Morgan fingerprint density at radius 2 is 1.71 bits per heavy atom. The summed E-state index contributed by atoms with van der Waals surface area (Å²) in [5.74, 6) is 1.03. The van der Waals surface area contributed by atoms with Gasteiger partial charge in [-0.2, -0.15) is 0 Å². The fourth-order valence-electron chi connectivity index (χ4n) is 1.28. The molecule has 0 aliphatic carbocycles. The van der Waals surface area contributed by atoms with Gasteiger partial charge in [-0.05, 0) is 17.4 Å². The molecule has 0 saturated heterocycles. The second-order valence-corrected chi connectivity index (χ2v) is 4.52. The van der Waals surface area contributed by atoms with E-state index in [1.165, 1.54) is 6.42 Å². The Hall–Kier alpha value is -1.70. The number of phenolic OH excluding ortho intramolecular Hbond substituents is 1. The number of fused-ring (bicyclic) bond motifs is 1. The summed E-state index contributed by atoms with van der Waals surface area (Å²) in [5, 5.41) is 11.2. The van der Waals surface area contributed by atoms with Crippen LogP contribution in [-0.4, -0.2) is 5.11 Å². The molecular formula is C15H21NO. The summed E-state index contributed by atoms with van der Waals surface area (Å²) in [4.78, 5) is 0. The second-order valence-electron chi connectivity index (χ2n) is 4.52. The molecule has 0 heterocycles. The van der Waals surface area contributed by atoms with Gasteiger partial charge in [0.2, 0.25) is 0 Å². The number of hydrogen-bond donors (Lipinski definition) is 2. The molecule has 0 radical (unpaired) electrons. The van der Waals surface area contributed by atoms with Crippen molar-refractivity contribution < 1.29 is 5.11 Å². The van der Waals surface area contributed by atoms with E-state index in [-0.39, 0.29) is 5.75 Å². The van der Waals surface area contributed by atoms with Crippen LogP contribution in [0.1, 0.15) is 27.2 Å². The first-order valence-electron chi connectivity index (χ1n) is 6.02.